The minimum atomic E-state index is -3.15. The first-order chi connectivity index (χ1) is 11.7. The van der Waals surface area contributed by atoms with Crippen LogP contribution in [0.3, 0.4) is 0 Å². The quantitative estimate of drug-likeness (QED) is 0.677. The minimum absolute atomic E-state index is 0.0637. The van der Waals surface area contributed by atoms with Gasteiger partial charge in [0.1, 0.15) is 5.76 Å². The molecule has 1 fully saturated rings. The summed E-state index contributed by atoms with van der Waals surface area (Å²) >= 11 is 15.3. The first-order valence-corrected chi connectivity index (χ1v) is 10.8. The summed E-state index contributed by atoms with van der Waals surface area (Å²) in [6.07, 6.45) is 0.390. The van der Waals surface area contributed by atoms with Crippen LogP contribution in [0.15, 0.2) is 39.4 Å². The molecule has 1 aliphatic rings. The predicted molar refractivity (Wildman–Crippen MR) is 99.8 cm³/mol. The highest BCUT2D eigenvalue weighted by molar-refractivity contribution is 9.10. The molecule has 5 nitrogen and oxygen atoms in total. The summed E-state index contributed by atoms with van der Waals surface area (Å²) in [6.45, 7) is 0.156. The van der Waals surface area contributed by atoms with Gasteiger partial charge in [-0.25, -0.2) is 8.42 Å². The number of rotatable bonds is 4. The van der Waals surface area contributed by atoms with Gasteiger partial charge in [0.25, 0.3) is 5.91 Å². The van der Waals surface area contributed by atoms with E-state index in [9.17, 15) is 13.2 Å². The van der Waals surface area contributed by atoms with Crippen LogP contribution >= 0.6 is 39.1 Å². The highest BCUT2D eigenvalue weighted by Crippen LogP contribution is 2.27. The summed E-state index contributed by atoms with van der Waals surface area (Å²) in [4.78, 5) is 14.5. The van der Waals surface area contributed by atoms with Crippen molar-refractivity contribution in [1.82, 2.24) is 4.90 Å². The lowest BCUT2D eigenvalue weighted by Crippen LogP contribution is -2.40. The number of carbonyl (C=O) groups is 1. The average Bonchev–Trinajstić information content (AvgIpc) is 3.09. The van der Waals surface area contributed by atoms with Crippen molar-refractivity contribution in [3.05, 3.63) is 56.4 Å². The lowest BCUT2D eigenvalue weighted by Gasteiger charge is -2.28. The van der Waals surface area contributed by atoms with Crippen LogP contribution in [0, 0.1) is 0 Å². The van der Waals surface area contributed by atoms with Crippen molar-refractivity contribution in [3.63, 3.8) is 0 Å². The topological polar surface area (TPSA) is 67.6 Å². The maximum atomic E-state index is 13.0. The molecular weight excluding hydrogens is 453 g/mol. The fourth-order valence-corrected chi connectivity index (χ4v) is 5.37. The summed E-state index contributed by atoms with van der Waals surface area (Å²) in [5, 5.41) is 0.649. The third-order valence-corrected chi connectivity index (χ3v) is 6.75. The van der Waals surface area contributed by atoms with Crippen LogP contribution in [0.25, 0.3) is 0 Å². The first kappa shape index (κ1) is 18.8. The van der Waals surface area contributed by atoms with Gasteiger partial charge in [0.15, 0.2) is 14.5 Å². The van der Waals surface area contributed by atoms with E-state index < -0.39 is 15.9 Å². The van der Waals surface area contributed by atoms with Crippen molar-refractivity contribution in [2.75, 3.05) is 11.5 Å². The van der Waals surface area contributed by atoms with E-state index in [1.54, 1.807) is 24.3 Å². The van der Waals surface area contributed by atoms with Crippen molar-refractivity contribution in [3.8, 4) is 0 Å². The number of benzene rings is 1. The number of furan rings is 1. The van der Waals surface area contributed by atoms with Gasteiger partial charge in [0, 0.05) is 11.1 Å². The molecule has 2 heterocycles. The fraction of sp³-hybridized carbons (Fsp3) is 0.312. The molecule has 25 heavy (non-hydrogen) atoms. The van der Waals surface area contributed by atoms with Crippen LogP contribution < -0.4 is 0 Å². The molecule has 1 saturated heterocycles. The smallest absolute Gasteiger partial charge is 0.256 e. The zero-order valence-corrected chi connectivity index (χ0v) is 16.8. The van der Waals surface area contributed by atoms with Crippen LogP contribution in [0.4, 0.5) is 0 Å². The second-order valence-electron chi connectivity index (χ2n) is 5.82. The van der Waals surface area contributed by atoms with Crippen molar-refractivity contribution in [2.45, 2.75) is 19.0 Å². The number of amides is 1. The summed E-state index contributed by atoms with van der Waals surface area (Å²) < 4.78 is 29.7. The molecule has 0 saturated carbocycles. The van der Waals surface area contributed by atoms with Crippen molar-refractivity contribution < 1.29 is 17.6 Å². The highest BCUT2D eigenvalue weighted by atomic mass is 79.9. The lowest BCUT2D eigenvalue weighted by molar-refractivity contribution is 0.0665. The first-order valence-electron chi connectivity index (χ1n) is 7.46. The molecule has 1 aromatic carbocycles. The summed E-state index contributed by atoms with van der Waals surface area (Å²) in [7, 11) is -3.15. The summed E-state index contributed by atoms with van der Waals surface area (Å²) in [5.74, 6) is 0.203. The van der Waals surface area contributed by atoms with E-state index >= 15 is 0 Å². The molecule has 1 aromatic heterocycles. The average molecular weight is 467 g/mol. The monoisotopic (exact) mass is 465 g/mol. The Morgan fingerprint density at radius 3 is 2.60 bits per heavy atom. The van der Waals surface area contributed by atoms with Crippen molar-refractivity contribution in [2.24, 2.45) is 0 Å². The third kappa shape index (κ3) is 4.39. The Balaban J connectivity index is 1.93. The summed E-state index contributed by atoms with van der Waals surface area (Å²) in [6, 6.07) is 7.64. The normalized spacial score (nSPS) is 19.1. The Morgan fingerprint density at radius 1 is 1.28 bits per heavy atom. The van der Waals surface area contributed by atoms with E-state index in [0.717, 1.165) is 0 Å². The van der Waals surface area contributed by atoms with Gasteiger partial charge in [-0.15, -0.1) is 0 Å². The van der Waals surface area contributed by atoms with Gasteiger partial charge < -0.3 is 9.32 Å². The predicted octanol–water partition coefficient (Wildman–Crippen LogP) is 4.18. The fourth-order valence-electron chi connectivity index (χ4n) is 2.81. The second kappa shape index (κ2) is 7.31. The van der Waals surface area contributed by atoms with Gasteiger partial charge in [-0.1, -0.05) is 23.2 Å². The maximum Gasteiger partial charge on any atom is 0.256 e. The van der Waals surface area contributed by atoms with Gasteiger partial charge in [-0.3, -0.25) is 4.79 Å². The highest BCUT2D eigenvalue weighted by Gasteiger charge is 2.36. The second-order valence-corrected chi connectivity index (χ2v) is 9.67. The van der Waals surface area contributed by atoms with E-state index in [1.165, 1.54) is 11.0 Å². The SMILES string of the molecule is O=C(c1ccc(Cl)cc1Cl)N(Cc1ccc(Br)o1)[C@H]1CCS(=O)(=O)C1. The molecule has 2 aromatic rings. The molecule has 1 atom stereocenters. The Labute approximate surface area is 163 Å². The Hall–Kier alpha value is -1.02. The lowest BCUT2D eigenvalue weighted by atomic mass is 10.1. The van der Waals surface area contributed by atoms with Crippen molar-refractivity contribution >= 4 is 54.9 Å². The molecule has 1 amide bonds. The molecule has 0 unspecified atom stereocenters. The van der Waals surface area contributed by atoms with Crippen LogP contribution in [-0.2, 0) is 16.4 Å². The molecule has 0 bridgehead atoms. The molecule has 0 radical (unpaired) electrons. The number of hydrogen-bond acceptors (Lipinski definition) is 4. The molecule has 0 spiro atoms. The maximum absolute atomic E-state index is 13.0. The Bertz CT molecular complexity index is 913. The van der Waals surface area contributed by atoms with Crippen LogP contribution in [0.1, 0.15) is 22.5 Å². The Morgan fingerprint density at radius 2 is 2.04 bits per heavy atom. The van der Waals surface area contributed by atoms with E-state index in [1.807, 2.05) is 0 Å². The largest absolute Gasteiger partial charge is 0.452 e. The number of halogens is 3. The molecule has 0 N–H and O–H groups in total. The molecule has 0 aliphatic carbocycles. The van der Waals surface area contributed by atoms with Gasteiger partial charge in [0.05, 0.1) is 28.6 Å². The molecule has 134 valence electrons. The zero-order chi connectivity index (χ0) is 18.2. The van der Waals surface area contributed by atoms with E-state index in [2.05, 4.69) is 15.9 Å². The third-order valence-electron chi connectivity index (χ3n) is 4.03. The Kier molecular flexibility index (Phi) is 5.48. The number of carbonyl (C=O) groups excluding carboxylic acids is 1. The molecule has 9 heteroatoms. The zero-order valence-electron chi connectivity index (χ0n) is 12.9. The molecule has 1 aliphatic heterocycles. The van der Waals surface area contributed by atoms with Gasteiger partial charge in [-0.05, 0) is 52.7 Å². The number of nitrogens with zero attached hydrogens (tertiary/aromatic N) is 1. The van der Waals surface area contributed by atoms with Gasteiger partial charge >= 0.3 is 0 Å². The molecule has 3 rings (SSSR count). The van der Waals surface area contributed by atoms with E-state index in [0.29, 0.717) is 21.9 Å². The van der Waals surface area contributed by atoms with Crippen LogP contribution in [0.2, 0.25) is 10.0 Å². The van der Waals surface area contributed by atoms with Gasteiger partial charge in [-0.2, -0.15) is 0 Å². The molecular formula is C16H14BrCl2NO4S. The standard InChI is InChI=1S/C16H14BrCl2NO4S/c17-15-4-2-12(24-15)8-20(11-5-6-25(22,23)9-11)16(21)13-3-1-10(18)7-14(13)19/h1-4,7,11H,5-6,8-9H2/t11-/m0/s1. The van der Waals surface area contributed by atoms with Crippen LogP contribution in [0.5, 0.6) is 0 Å². The van der Waals surface area contributed by atoms with Gasteiger partial charge in [0.2, 0.25) is 0 Å². The number of sulfone groups is 1. The van der Waals surface area contributed by atoms with Crippen molar-refractivity contribution in [1.29, 1.82) is 0 Å². The summed E-state index contributed by atoms with van der Waals surface area (Å²) in [5.41, 5.74) is 0.279. The van der Waals surface area contributed by atoms with E-state index in [-0.39, 0.29) is 34.5 Å². The minimum Gasteiger partial charge on any atom is -0.452 e. The van der Waals surface area contributed by atoms with Crippen LogP contribution in [-0.4, -0.2) is 36.8 Å². The number of hydrogen-bond donors (Lipinski definition) is 0. The van der Waals surface area contributed by atoms with E-state index in [4.69, 9.17) is 27.6 Å².